The molecule has 44 heavy (non-hydrogen) atoms. The molecule has 0 aliphatic carbocycles. The van der Waals surface area contributed by atoms with Crippen LogP contribution in [0.15, 0.2) is 60.7 Å². The first kappa shape index (κ1) is 36.5. The van der Waals surface area contributed by atoms with Gasteiger partial charge in [0.05, 0.1) is 0 Å². The zero-order chi connectivity index (χ0) is 31.8. The molecular weight excluding hydrogens is 552 g/mol. The lowest BCUT2D eigenvalue weighted by molar-refractivity contribution is -0.123. The van der Waals surface area contributed by atoms with Gasteiger partial charge in [-0.3, -0.25) is 19.2 Å². The van der Waals surface area contributed by atoms with Crippen LogP contribution in [0.25, 0.3) is 0 Å². The minimum Gasteiger partial charge on any atom is -0.354 e. The van der Waals surface area contributed by atoms with Crippen molar-refractivity contribution in [3.05, 3.63) is 71.8 Å². The minimum atomic E-state index is -0.556. The van der Waals surface area contributed by atoms with Crippen molar-refractivity contribution in [2.75, 3.05) is 13.1 Å². The summed E-state index contributed by atoms with van der Waals surface area (Å²) in [4.78, 5) is 48.8. The second kappa shape index (κ2) is 22.8. The fourth-order valence-corrected chi connectivity index (χ4v) is 4.97. The molecule has 2 rings (SSSR count). The number of amides is 4. The van der Waals surface area contributed by atoms with Gasteiger partial charge in [0.1, 0.15) is 12.1 Å². The molecule has 242 valence electrons. The number of rotatable bonds is 23. The second-order valence-electron chi connectivity index (χ2n) is 11.7. The Bertz CT molecular complexity index is 1010. The standard InChI is InChI=1S/C36H54N4O4/c1-29(39-35(43)31-23-17-15-18-24-31)33(41)37-27-21-13-11-9-7-5-3-4-6-8-10-12-14-22-28-38-34(42)30(2)40-36(44)32-25-19-16-20-26-32/h15-20,23-26,29-30H,3-14,21-22,27-28H2,1-2H3,(H,37,41)(H,38,42)(H,39,43)(H,40,44)/t29-,30-/m0/s1. The van der Waals surface area contributed by atoms with Crippen molar-refractivity contribution in [1.29, 1.82) is 0 Å². The third kappa shape index (κ3) is 16.2. The molecule has 8 heteroatoms. The molecule has 0 saturated carbocycles. The van der Waals surface area contributed by atoms with Crippen molar-refractivity contribution in [3.63, 3.8) is 0 Å². The lowest BCUT2D eigenvalue weighted by Gasteiger charge is -2.14. The normalized spacial score (nSPS) is 12.1. The van der Waals surface area contributed by atoms with Crippen LogP contribution in [0, 0.1) is 0 Å². The van der Waals surface area contributed by atoms with Crippen LogP contribution in [0.2, 0.25) is 0 Å². The van der Waals surface area contributed by atoms with Crippen LogP contribution in [-0.4, -0.2) is 48.8 Å². The molecule has 0 unspecified atom stereocenters. The van der Waals surface area contributed by atoms with Crippen molar-refractivity contribution in [1.82, 2.24) is 21.3 Å². The summed E-state index contributed by atoms with van der Waals surface area (Å²) in [5, 5.41) is 11.3. The van der Waals surface area contributed by atoms with Gasteiger partial charge in [-0.25, -0.2) is 0 Å². The number of hydrogen-bond donors (Lipinski definition) is 4. The summed E-state index contributed by atoms with van der Waals surface area (Å²) in [6.07, 6.45) is 16.7. The molecule has 4 amide bonds. The van der Waals surface area contributed by atoms with E-state index in [1.165, 1.54) is 64.2 Å². The first-order valence-corrected chi connectivity index (χ1v) is 16.7. The topological polar surface area (TPSA) is 116 Å². The maximum Gasteiger partial charge on any atom is 0.251 e. The highest BCUT2D eigenvalue weighted by Crippen LogP contribution is 2.13. The molecule has 0 saturated heterocycles. The van der Waals surface area contributed by atoms with E-state index in [0.29, 0.717) is 24.2 Å². The van der Waals surface area contributed by atoms with Gasteiger partial charge in [0, 0.05) is 24.2 Å². The Morgan fingerprint density at radius 2 is 0.727 bits per heavy atom. The van der Waals surface area contributed by atoms with Gasteiger partial charge in [-0.15, -0.1) is 0 Å². The van der Waals surface area contributed by atoms with Gasteiger partial charge < -0.3 is 21.3 Å². The number of benzene rings is 2. The number of unbranched alkanes of at least 4 members (excludes halogenated alkanes) is 13. The highest BCUT2D eigenvalue weighted by Gasteiger charge is 2.17. The highest BCUT2D eigenvalue weighted by molar-refractivity contribution is 5.98. The molecule has 0 heterocycles. The average Bonchev–Trinajstić information content (AvgIpc) is 3.04. The maximum atomic E-state index is 12.2. The van der Waals surface area contributed by atoms with Crippen molar-refractivity contribution in [2.45, 2.75) is 116 Å². The molecule has 2 aromatic carbocycles. The predicted octanol–water partition coefficient (Wildman–Crippen LogP) is 6.32. The van der Waals surface area contributed by atoms with E-state index in [1.807, 2.05) is 12.1 Å². The molecule has 0 spiro atoms. The van der Waals surface area contributed by atoms with E-state index in [-0.39, 0.29) is 23.6 Å². The third-order valence-corrected chi connectivity index (χ3v) is 7.76. The summed E-state index contributed by atoms with van der Waals surface area (Å²) < 4.78 is 0. The Kier molecular flexibility index (Phi) is 18.9. The first-order valence-electron chi connectivity index (χ1n) is 16.7. The number of hydrogen-bond acceptors (Lipinski definition) is 4. The van der Waals surface area contributed by atoms with Gasteiger partial charge in [0.25, 0.3) is 11.8 Å². The van der Waals surface area contributed by atoms with E-state index < -0.39 is 12.1 Å². The molecule has 2 atom stereocenters. The van der Waals surface area contributed by atoms with Crippen LogP contribution in [0.5, 0.6) is 0 Å². The molecule has 0 aliphatic heterocycles. The largest absolute Gasteiger partial charge is 0.354 e. The number of nitrogens with one attached hydrogen (secondary N) is 4. The average molecular weight is 607 g/mol. The smallest absolute Gasteiger partial charge is 0.251 e. The zero-order valence-corrected chi connectivity index (χ0v) is 26.9. The van der Waals surface area contributed by atoms with E-state index in [2.05, 4.69) is 21.3 Å². The molecule has 4 N–H and O–H groups in total. The van der Waals surface area contributed by atoms with Gasteiger partial charge in [0.15, 0.2) is 0 Å². The molecule has 0 bridgehead atoms. The molecular formula is C36H54N4O4. The van der Waals surface area contributed by atoms with Gasteiger partial charge in [-0.2, -0.15) is 0 Å². The van der Waals surface area contributed by atoms with Gasteiger partial charge >= 0.3 is 0 Å². The minimum absolute atomic E-state index is 0.143. The lowest BCUT2D eigenvalue weighted by atomic mass is 10.0. The van der Waals surface area contributed by atoms with Crippen LogP contribution < -0.4 is 21.3 Å². The number of carbonyl (C=O) groups excluding carboxylic acids is 4. The van der Waals surface area contributed by atoms with Crippen LogP contribution in [0.3, 0.4) is 0 Å². The number of carbonyl (C=O) groups is 4. The summed E-state index contributed by atoms with van der Waals surface area (Å²) in [7, 11) is 0. The SMILES string of the molecule is C[C@H](NC(=O)c1ccccc1)C(=O)NCCCCCCCCCCCCCCCCNC(=O)[C@H](C)NC(=O)c1ccccc1. The summed E-state index contributed by atoms with van der Waals surface area (Å²) in [6.45, 7) is 4.71. The fraction of sp³-hybridized carbons (Fsp3) is 0.556. The van der Waals surface area contributed by atoms with Gasteiger partial charge in [-0.05, 0) is 51.0 Å². The monoisotopic (exact) mass is 606 g/mol. The van der Waals surface area contributed by atoms with Gasteiger partial charge in [-0.1, -0.05) is 113 Å². The molecule has 0 fully saturated rings. The summed E-state index contributed by atoms with van der Waals surface area (Å²) in [5.41, 5.74) is 1.11. The highest BCUT2D eigenvalue weighted by atomic mass is 16.2. The van der Waals surface area contributed by atoms with Crippen molar-refractivity contribution in [3.8, 4) is 0 Å². The quantitative estimate of drug-likeness (QED) is 0.111. The molecule has 8 nitrogen and oxygen atoms in total. The fourth-order valence-electron chi connectivity index (χ4n) is 4.97. The lowest BCUT2D eigenvalue weighted by Crippen LogP contribution is -2.45. The molecule has 0 radical (unpaired) electrons. The molecule has 0 aliphatic rings. The van der Waals surface area contributed by atoms with E-state index in [4.69, 9.17) is 0 Å². The van der Waals surface area contributed by atoms with Crippen molar-refractivity contribution >= 4 is 23.6 Å². The first-order chi connectivity index (χ1) is 21.4. The van der Waals surface area contributed by atoms with E-state index in [9.17, 15) is 19.2 Å². The predicted molar refractivity (Wildman–Crippen MR) is 177 cm³/mol. The van der Waals surface area contributed by atoms with E-state index >= 15 is 0 Å². The van der Waals surface area contributed by atoms with E-state index in [0.717, 1.165) is 25.7 Å². The Balaban J connectivity index is 1.31. The van der Waals surface area contributed by atoms with Crippen molar-refractivity contribution in [2.24, 2.45) is 0 Å². The molecule has 2 aromatic rings. The van der Waals surface area contributed by atoms with Gasteiger partial charge in [0.2, 0.25) is 11.8 Å². The zero-order valence-electron chi connectivity index (χ0n) is 26.9. The summed E-state index contributed by atoms with van der Waals surface area (Å²) >= 11 is 0. The second-order valence-corrected chi connectivity index (χ2v) is 11.7. The maximum absolute atomic E-state index is 12.2. The Morgan fingerprint density at radius 3 is 1.02 bits per heavy atom. The third-order valence-electron chi connectivity index (χ3n) is 7.76. The Labute approximate surface area is 264 Å². The van der Waals surface area contributed by atoms with E-state index in [1.54, 1.807) is 62.4 Å². The van der Waals surface area contributed by atoms with Crippen LogP contribution in [-0.2, 0) is 9.59 Å². The Morgan fingerprint density at radius 1 is 0.455 bits per heavy atom. The Hall–Kier alpha value is -3.68. The van der Waals surface area contributed by atoms with Crippen LogP contribution in [0.1, 0.15) is 124 Å². The van der Waals surface area contributed by atoms with Crippen LogP contribution in [0.4, 0.5) is 0 Å². The summed E-state index contributed by atoms with van der Waals surface area (Å²) in [6, 6.07) is 16.7. The van der Waals surface area contributed by atoms with Crippen LogP contribution >= 0.6 is 0 Å². The summed E-state index contributed by atoms with van der Waals surface area (Å²) in [5.74, 6) is -0.753. The molecule has 0 aromatic heterocycles. The van der Waals surface area contributed by atoms with Crippen molar-refractivity contribution < 1.29 is 19.2 Å².